The Balaban J connectivity index is 2.74. The first kappa shape index (κ1) is 13.9. The molecule has 1 aromatic heterocycles. The molecule has 0 aromatic carbocycles. The van der Waals surface area contributed by atoms with E-state index in [9.17, 15) is 4.79 Å². The van der Waals surface area contributed by atoms with Crippen molar-refractivity contribution in [3.8, 4) is 0 Å². The largest absolute Gasteiger partial charge is 0.277 e. The quantitative estimate of drug-likeness (QED) is 0.490. The molecule has 0 unspecified atom stereocenters. The molecule has 0 spiro atoms. The summed E-state index contributed by atoms with van der Waals surface area (Å²) in [5, 5.41) is 0.769. The molecule has 0 fully saturated rings. The van der Waals surface area contributed by atoms with Crippen molar-refractivity contribution in [2.24, 2.45) is 0 Å². The normalized spacial score (nSPS) is 10.4. The van der Waals surface area contributed by atoms with Crippen molar-refractivity contribution < 1.29 is 9.63 Å². The van der Waals surface area contributed by atoms with E-state index >= 15 is 0 Å². The molecule has 0 bridgehead atoms. The molecular weight excluding hydrogens is 238 g/mol. The highest BCUT2D eigenvalue weighted by atomic mass is 32.2. The average molecular weight is 255 g/mol. The molecule has 0 aliphatic rings. The number of aromatic nitrogens is 2. The molecule has 6 heteroatoms. The zero-order chi connectivity index (χ0) is 12.8. The van der Waals surface area contributed by atoms with Crippen LogP contribution >= 0.6 is 11.8 Å². The number of nitrogens with one attached hydrogen (secondary N) is 1. The lowest BCUT2D eigenvalue weighted by Crippen LogP contribution is -2.22. The number of hydrogen-bond acceptors (Lipinski definition) is 5. The molecule has 1 amide bonds. The maximum absolute atomic E-state index is 11.3. The van der Waals surface area contributed by atoms with Crippen LogP contribution in [-0.4, -0.2) is 29.2 Å². The fraction of sp³-hybridized carbons (Fsp3) is 0.545. The minimum absolute atomic E-state index is 0.139. The second kappa shape index (κ2) is 6.56. The number of nitrogens with zero attached hydrogens (tertiary/aromatic N) is 2. The van der Waals surface area contributed by atoms with E-state index in [4.69, 9.17) is 0 Å². The predicted molar refractivity (Wildman–Crippen MR) is 66.8 cm³/mol. The van der Waals surface area contributed by atoms with E-state index in [0.29, 0.717) is 12.8 Å². The predicted octanol–water partition coefficient (Wildman–Crippen LogP) is 1.43. The highest BCUT2D eigenvalue weighted by Gasteiger charge is 2.10. The summed E-state index contributed by atoms with van der Waals surface area (Å²) in [5.74, 6) is -0.139. The monoisotopic (exact) mass is 255 g/mol. The van der Waals surface area contributed by atoms with E-state index in [1.165, 1.54) is 18.9 Å². The van der Waals surface area contributed by atoms with Crippen LogP contribution in [0, 0.1) is 13.8 Å². The molecule has 5 nitrogen and oxygen atoms in total. The summed E-state index contributed by atoms with van der Waals surface area (Å²) in [4.78, 5) is 24.6. The molecule has 1 aromatic rings. The Labute approximate surface area is 105 Å². The number of hydrogen-bond donors (Lipinski definition) is 1. The molecule has 1 rings (SSSR count). The Morgan fingerprint density at radius 1 is 1.35 bits per heavy atom. The van der Waals surface area contributed by atoms with Gasteiger partial charge in [0.2, 0.25) is 5.91 Å². The van der Waals surface area contributed by atoms with Crippen LogP contribution in [0.5, 0.6) is 0 Å². The second-order valence-corrected chi connectivity index (χ2v) is 4.36. The van der Waals surface area contributed by atoms with Crippen molar-refractivity contribution in [1.82, 2.24) is 15.4 Å². The van der Waals surface area contributed by atoms with Gasteiger partial charge in [0.15, 0.2) is 5.16 Å². The molecule has 0 saturated heterocycles. The van der Waals surface area contributed by atoms with Gasteiger partial charge in [0.05, 0.1) is 7.11 Å². The summed E-state index contributed by atoms with van der Waals surface area (Å²) in [5.41, 5.74) is 5.20. The Hall–Kier alpha value is -1.14. The number of carbonyl (C=O) groups excluding carboxylic acids is 1. The first-order chi connectivity index (χ1) is 8.08. The minimum atomic E-state index is -0.139. The zero-order valence-corrected chi connectivity index (χ0v) is 11.3. The van der Waals surface area contributed by atoms with Gasteiger partial charge in [-0.25, -0.2) is 15.4 Å². The maximum Gasteiger partial charge on any atom is 0.243 e. The van der Waals surface area contributed by atoms with Crippen molar-refractivity contribution in [3.63, 3.8) is 0 Å². The Kier molecular flexibility index (Phi) is 5.37. The zero-order valence-electron chi connectivity index (χ0n) is 10.5. The lowest BCUT2D eigenvalue weighted by atomic mass is 10.1. The van der Waals surface area contributed by atoms with E-state index in [0.717, 1.165) is 22.1 Å². The molecule has 0 atom stereocenters. The van der Waals surface area contributed by atoms with Crippen molar-refractivity contribution in [2.45, 2.75) is 31.8 Å². The van der Waals surface area contributed by atoms with Crippen LogP contribution in [0.15, 0.2) is 5.16 Å². The van der Waals surface area contributed by atoms with Gasteiger partial charge in [-0.2, -0.15) is 0 Å². The van der Waals surface area contributed by atoms with Gasteiger partial charge in [-0.05, 0) is 32.1 Å². The molecule has 0 radical (unpaired) electrons. The van der Waals surface area contributed by atoms with Crippen LogP contribution in [0.2, 0.25) is 0 Å². The van der Waals surface area contributed by atoms with Gasteiger partial charge >= 0.3 is 0 Å². The summed E-state index contributed by atoms with van der Waals surface area (Å²) in [6.45, 7) is 3.88. The van der Waals surface area contributed by atoms with Gasteiger partial charge in [-0.3, -0.25) is 9.63 Å². The van der Waals surface area contributed by atoms with E-state index in [2.05, 4.69) is 20.3 Å². The number of thioether (sulfide) groups is 1. The number of amides is 1. The van der Waals surface area contributed by atoms with Crippen molar-refractivity contribution in [1.29, 1.82) is 0 Å². The third-order valence-corrected chi connectivity index (χ3v) is 2.95. The van der Waals surface area contributed by atoms with Crippen LogP contribution in [0.4, 0.5) is 0 Å². The summed E-state index contributed by atoms with van der Waals surface area (Å²) in [6, 6.07) is 0. The van der Waals surface area contributed by atoms with E-state index < -0.39 is 0 Å². The summed E-state index contributed by atoms with van der Waals surface area (Å²) >= 11 is 1.52. The molecule has 1 heterocycles. The molecule has 94 valence electrons. The SMILES string of the molecule is CONC(=O)CCc1c(C)nc(SC)nc1C. The molecule has 17 heavy (non-hydrogen) atoms. The number of rotatable bonds is 5. The van der Waals surface area contributed by atoms with E-state index in [1.54, 1.807) is 0 Å². The minimum Gasteiger partial charge on any atom is -0.277 e. The fourth-order valence-corrected chi connectivity index (χ4v) is 2.02. The van der Waals surface area contributed by atoms with Gasteiger partial charge in [0.25, 0.3) is 0 Å². The molecular formula is C11H17N3O2S. The molecule has 0 saturated carbocycles. The summed E-state index contributed by atoms with van der Waals surface area (Å²) in [7, 11) is 1.42. The first-order valence-electron chi connectivity index (χ1n) is 5.28. The third kappa shape index (κ3) is 3.98. The second-order valence-electron chi connectivity index (χ2n) is 3.59. The first-order valence-corrected chi connectivity index (χ1v) is 6.51. The Morgan fingerprint density at radius 2 is 1.94 bits per heavy atom. The van der Waals surface area contributed by atoms with Crippen LogP contribution < -0.4 is 5.48 Å². The van der Waals surface area contributed by atoms with Crippen LogP contribution in [0.3, 0.4) is 0 Å². The Bertz CT molecular complexity index is 387. The van der Waals surface area contributed by atoms with Crippen LogP contribution in [0.1, 0.15) is 23.4 Å². The lowest BCUT2D eigenvalue weighted by Gasteiger charge is -2.09. The number of aryl methyl sites for hydroxylation is 2. The molecule has 1 N–H and O–H groups in total. The van der Waals surface area contributed by atoms with Gasteiger partial charge < -0.3 is 0 Å². The van der Waals surface area contributed by atoms with E-state index in [1.807, 2.05) is 20.1 Å². The molecule has 0 aliphatic heterocycles. The topological polar surface area (TPSA) is 64.1 Å². The Morgan fingerprint density at radius 3 is 2.41 bits per heavy atom. The highest BCUT2D eigenvalue weighted by molar-refractivity contribution is 7.98. The van der Waals surface area contributed by atoms with Crippen molar-refractivity contribution in [3.05, 3.63) is 17.0 Å². The van der Waals surface area contributed by atoms with Crippen LogP contribution in [-0.2, 0) is 16.1 Å². The number of carbonyl (C=O) groups is 1. The third-order valence-electron chi connectivity index (χ3n) is 2.40. The maximum atomic E-state index is 11.3. The summed E-state index contributed by atoms with van der Waals surface area (Å²) < 4.78 is 0. The standard InChI is InChI=1S/C11H17N3O2S/c1-7-9(5-6-10(15)14-16-3)8(2)13-11(12-7)17-4/h5-6H2,1-4H3,(H,14,15). The van der Waals surface area contributed by atoms with Crippen molar-refractivity contribution >= 4 is 17.7 Å². The van der Waals surface area contributed by atoms with Crippen molar-refractivity contribution in [2.75, 3.05) is 13.4 Å². The van der Waals surface area contributed by atoms with Gasteiger partial charge in [-0.1, -0.05) is 11.8 Å². The molecule has 0 aliphatic carbocycles. The average Bonchev–Trinajstić information content (AvgIpc) is 2.28. The van der Waals surface area contributed by atoms with Crippen LogP contribution in [0.25, 0.3) is 0 Å². The smallest absolute Gasteiger partial charge is 0.243 e. The van der Waals surface area contributed by atoms with Gasteiger partial charge in [0.1, 0.15) is 0 Å². The number of hydroxylamine groups is 1. The highest BCUT2D eigenvalue weighted by Crippen LogP contribution is 2.16. The van der Waals surface area contributed by atoms with Gasteiger partial charge in [0, 0.05) is 17.8 Å². The fourth-order valence-electron chi connectivity index (χ4n) is 1.57. The lowest BCUT2D eigenvalue weighted by molar-refractivity contribution is -0.131. The van der Waals surface area contributed by atoms with E-state index in [-0.39, 0.29) is 5.91 Å². The van der Waals surface area contributed by atoms with Gasteiger partial charge in [-0.15, -0.1) is 0 Å². The summed E-state index contributed by atoms with van der Waals surface area (Å²) in [6.07, 6.45) is 2.94.